The number of hydrogen-bond acceptors (Lipinski definition) is 3. The third-order valence-electron chi connectivity index (χ3n) is 6.22. The lowest BCUT2D eigenvalue weighted by Crippen LogP contribution is -2.55. The average molecular weight is 435 g/mol. The fourth-order valence-corrected chi connectivity index (χ4v) is 6.11. The van der Waals surface area contributed by atoms with Gasteiger partial charge in [-0.05, 0) is 42.7 Å². The molecule has 30 heavy (non-hydrogen) atoms. The number of hydrogen-bond donors (Lipinski definition) is 0. The van der Waals surface area contributed by atoms with Gasteiger partial charge in [-0.2, -0.15) is 4.31 Å². The maximum Gasteiger partial charge on any atom is 0.246 e. The van der Waals surface area contributed by atoms with E-state index in [1.165, 1.54) is 34.6 Å². The molecule has 160 valence electrons. The predicted octanol–water partition coefficient (Wildman–Crippen LogP) is 3.31. The highest BCUT2D eigenvalue weighted by Crippen LogP contribution is 2.43. The van der Waals surface area contributed by atoms with E-state index in [9.17, 15) is 22.0 Å². The van der Waals surface area contributed by atoms with Crippen molar-refractivity contribution in [1.29, 1.82) is 0 Å². The van der Waals surface area contributed by atoms with Gasteiger partial charge in [0.1, 0.15) is 16.5 Å². The van der Waals surface area contributed by atoms with Crippen molar-refractivity contribution in [3.05, 3.63) is 65.7 Å². The van der Waals surface area contributed by atoms with Crippen molar-refractivity contribution in [2.75, 3.05) is 26.2 Å². The van der Waals surface area contributed by atoms with Crippen LogP contribution in [0.25, 0.3) is 0 Å². The monoisotopic (exact) mass is 434 g/mol. The van der Waals surface area contributed by atoms with E-state index in [2.05, 4.69) is 0 Å². The molecular weight excluding hydrogens is 410 g/mol. The molecule has 0 bridgehead atoms. The molecule has 0 spiro atoms. The second-order valence-corrected chi connectivity index (χ2v) is 9.83. The van der Waals surface area contributed by atoms with Crippen LogP contribution in [0, 0.1) is 11.6 Å². The van der Waals surface area contributed by atoms with Gasteiger partial charge in [0.2, 0.25) is 15.9 Å². The van der Waals surface area contributed by atoms with Crippen LogP contribution in [0.4, 0.5) is 8.78 Å². The molecule has 0 unspecified atom stereocenters. The second kappa shape index (κ2) is 8.07. The molecule has 0 N–H and O–H groups in total. The lowest BCUT2D eigenvalue weighted by atomic mass is 9.77. The minimum absolute atomic E-state index is 0.0754. The number of sulfonamides is 1. The average Bonchev–Trinajstić information content (AvgIpc) is 3.25. The van der Waals surface area contributed by atoms with Gasteiger partial charge in [-0.3, -0.25) is 4.79 Å². The summed E-state index contributed by atoms with van der Waals surface area (Å²) < 4.78 is 54.7. The van der Waals surface area contributed by atoms with Crippen LogP contribution < -0.4 is 0 Å². The number of amides is 1. The highest BCUT2D eigenvalue weighted by atomic mass is 32.2. The number of piperazine rings is 1. The Morgan fingerprint density at radius 2 is 1.57 bits per heavy atom. The zero-order valence-corrected chi connectivity index (χ0v) is 17.4. The number of rotatable bonds is 4. The highest BCUT2D eigenvalue weighted by Gasteiger charge is 2.46. The Morgan fingerprint density at radius 1 is 0.900 bits per heavy atom. The zero-order chi connectivity index (χ0) is 21.4. The van der Waals surface area contributed by atoms with Crippen molar-refractivity contribution in [2.24, 2.45) is 0 Å². The molecule has 0 aromatic heterocycles. The van der Waals surface area contributed by atoms with E-state index >= 15 is 0 Å². The summed E-state index contributed by atoms with van der Waals surface area (Å²) in [5.74, 6) is -1.23. The summed E-state index contributed by atoms with van der Waals surface area (Å²) in [4.78, 5) is 14.8. The molecule has 0 atom stereocenters. The predicted molar refractivity (Wildman–Crippen MR) is 108 cm³/mol. The summed E-state index contributed by atoms with van der Waals surface area (Å²) >= 11 is 0. The number of nitrogens with zero attached hydrogens (tertiary/aromatic N) is 2. The van der Waals surface area contributed by atoms with Crippen molar-refractivity contribution in [1.82, 2.24) is 9.21 Å². The first-order valence-electron chi connectivity index (χ1n) is 10.1. The molecule has 1 saturated heterocycles. The second-order valence-electron chi connectivity index (χ2n) is 7.93. The van der Waals surface area contributed by atoms with Gasteiger partial charge in [-0.15, -0.1) is 0 Å². The fourth-order valence-electron chi connectivity index (χ4n) is 4.62. The summed E-state index contributed by atoms with van der Waals surface area (Å²) in [6, 6.07) is 11.5. The Kier molecular flexibility index (Phi) is 5.63. The Balaban J connectivity index is 1.52. The van der Waals surface area contributed by atoms with Gasteiger partial charge in [-0.1, -0.05) is 37.1 Å². The number of halogens is 2. The topological polar surface area (TPSA) is 57.7 Å². The Labute approximate surface area is 175 Å². The highest BCUT2D eigenvalue weighted by molar-refractivity contribution is 7.89. The van der Waals surface area contributed by atoms with E-state index in [0.29, 0.717) is 18.4 Å². The lowest BCUT2D eigenvalue weighted by molar-refractivity contribution is -0.138. The fraction of sp³-hybridized carbons (Fsp3) is 0.409. The van der Waals surface area contributed by atoms with E-state index < -0.39 is 21.3 Å². The van der Waals surface area contributed by atoms with Gasteiger partial charge in [0.15, 0.2) is 0 Å². The first-order valence-corrected chi connectivity index (χ1v) is 11.6. The van der Waals surface area contributed by atoms with Crippen LogP contribution in [0.5, 0.6) is 0 Å². The summed E-state index contributed by atoms with van der Waals surface area (Å²) in [6.45, 7) is 0.649. The maximum atomic E-state index is 14.0. The van der Waals surface area contributed by atoms with Gasteiger partial charge in [-0.25, -0.2) is 17.2 Å². The Bertz CT molecular complexity index is 1040. The number of carbonyl (C=O) groups is 1. The molecule has 0 radical (unpaired) electrons. The number of carbonyl (C=O) groups excluding carboxylic acids is 1. The van der Waals surface area contributed by atoms with Crippen LogP contribution in [0.2, 0.25) is 0 Å². The molecule has 4 rings (SSSR count). The van der Waals surface area contributed by atoms with Crippen molar-refractivity contribution < 1.29 is 22.0 Å². The van der Waals surface area contributed by atoms with Crippen molar-refractivity contribution in [2.45, 2.75) is 36.0 Å². The van der Waals surface area contributed by atoms with E-state index in [-0.39, 0.29) is 42.8 Å². The summed E-state index contributed by atoms with van der Waals surface area (Å²) in [6.07, 6.45) is 3.10. The van der Waals surface area contributed by atoms with E-state index in [0.717, 1.165) is 18.9 Å². The zero-order valence-electron chi connectivity index (χ0n) is 16.6. The molecule has 1 aliphatic heterocycles. The molecule has 1 aliphatic carbocycles. The number of benzene rings is 2. The normalized spacial score (nSPS) is 19.7. The quantitative estimate of drug-likeness (QED) is 0.742. The van der Waals surface area contributed by atoms with Crippen LogP contribution in [0.1, 0.15) is 31.2 Å². The summed E-state index contributed by atoms with van der Waals surface area (Å²) in [5.41, 5.74) is -0.0688. The molecule has 2 aromatic carbocycles. The van der Waals surface area contributed by atoms with E-state index in [1.807, 2.05) is 0 Å². The van der Waals surface area contributed by atoms with Crippen molar-refractivity contribution in [3.63, 3.8) is 0 Å². The molecule has 2 aromatic rings. The van der Waals surface area contributed by atoms with E-state index in [4.69, 9.17) is 0 Å². The van der Waals surface area contributed by atoms with Gasteiger partial charge >= 0.3 is 0 Å². The minimum Gasteiger partial charge on any atom is -0.339 e. The molecule has 2 aliphatic rings. The van der Waals surface area contributed by atoms with Crippen molar-refractivity contribution >= 4 is 15.9 Å². The molecule has 1 amide bonds. The Hall–Kier alpha value is -2.32. The van der Waals surface area contributed by atoms with Crippen molar-refractivity contribution in [3.8, 4) is 0 Å². The summed E-state index contributed by atoms with van der Waals surface area (Å²) in [7, 11) is -3.96. The van der Waals surface area contributed by atoms with Gasteiger partial charge < -0.3 is 4.90 Å². The molecule has 1 saturated carbocycles. The first-order chi connectivity index (χ1) is 14.3. The van der Waals surface area contributed by atoms with Crippen LogP contribution >= 0.6 is 0 Å². The molecule has 2 fully saturated rings. The van der Waals surface area contributed by atoms with Crippen LogP contribution in [0.15, 0.2) is 53.4 Å². The molecule has 8 heteroatoms. The third-order valence-corrected chi connectivity index (χ3v) is 8.16. The molecule has 1 heterocycles. The molecule has 5 nitrogen and oxygen atoms in total. The third kappa shape index (κ3) is 3.63. The Morgan fingerprint density at radius 3 is 2.20 bits per heavy atom. The van der Waals surface area contributed by atoms with Gasteiger partial charge in [0.05, 0.1) is 5.41 Å². The smallest absolute Gasteiger partial charge is 0.246 e. The minimum atomic E-state index is -3.96. The maximum absolute atomic E-state index is 14.0. The van der Waals surface area contributed by atoms with Gasteiger partial charge in [0.25, 0.3) is 0 Å². The van der Waals surface area contributed by atoms with Crippen LogP contribution in [-0.2, 0) is 20.2 Å². The largest absolute Gasteiger partial charge is 0.339 e. The first kappa shape index (κ1) is 20.9. The SMILES string of the molecule is O=C(N1CCN(S(=O)(=O)c2ccccc2F)CC1)C1(c2cccc(F)c2)CCCC1. The van der Waals surface area contributed by atoms with Crippen LogP contribution in [0.3, 0.4) is 0 Å². The van der Waals surface area contributed by atoms with E-state index in [1.54, 1.807) is 17.0 Å². The van der Waals surface area contributed by atoms with Crippen LogP contribution in [-0.4, -0.2) is 49.7 Å². The lowest BCUT2D eigenvalue weighted by Gasteiger charge is -2.39. The standard InChI is InChI=1S/C22H24F2N2O3S/c23-18-7-5-6-17(16-18)22(10-3-4-11-22)21(27)25-12-14-26(15-13-25)30(28,29)20-9-2-1-8-19(20)24/h1-2,5-9,16H,3-4,10-15H2. The summed E-state index contributed by atoms with van der Waals surface area (Å²) in [5, 5.41) is 0. The van der Waals surface area contributed by atoms with Gasteiger partial charge in [0, 0.05) is 26.2 Å². The molecular formula is C22H24F2N2O3S.